The van der Waals surface area contributed by atoms with Crippen LogP contribution in [0.3, 0.4) is 0 Å². The molecule has 0 heterocycles. The summed E-state index contributed by atoms with van der Waals surface area (Å²) in [5.41, 5.74) is 2.90. The summed E-state index contributed by atoms with van der Waals surface area (Å²) < 4.78 is 5.18. The van der Waals surface area contributed by atoms with Crippen LogP contribution in [0, 0.1) is 0 Å². The number of likely N-dealkylation sites (N-methyl/N-ethyl adjacent to an activating group) is 1. The fourth-order valence-electron chi connectivity index (χ4n) is 2.26. The average molecular weight is 278 g/mol. The molecule has 0 saturated carbocycles. The number of benzene rings is 1. The van der Waals surface area contributed by atoms with Crippen molar-refractivity contribution in [2.75, 3.05) is 33.4 Å². The lowest BCUT2D eigenvalue weighted by molar-refractivity contribution is 0.147. The lowest BCUT2D eigenvalue weighted by atomic mass is 10.0. The summed E-state index contributed by atoms with van der Waals surface area (Å²) in [5, 5.41) is 3.49. The molecule has 3 nitrogen and oxygen atoms in total. The maximum atomic E-state index is 5.18. The van der Waals surface area contributed by atoms with Gasteiger partial charge in [0.05, 0.1) is 6.61 Å². The van der Waals surface area contributed by atoms with Crippen molar-refractivity contribution < 1.29 is 4.74 Å². The van der Waals surface area contributed by atoms with Crippen LogP contribution in [0.5, 0.6) is 0 Å². The third kappa shape index (κ3) is 6.51. The SMILES string of the molecule is CCN(CCOC)Cc1ccccc1CCNC(C)C. The topological polar surface area (TPSA) is 24.5 Å². The Hall–Kier alpha value is -0.900. The molecule has 1 aromatic carbocycles. The summed E-state index contributed by atoms with van der Waals surface area (Å²) in [7, 11) is 1.76. The molecule has 0 fully saturated rings. The fraction of sp³-hybridized carbons (Fsp3) is 0.647. The van der Waals surface area contributed by atoms with Crippen molar-refractivity contribution >= 4 is 0 Å². The van der Waals surface area contributed by atoms with E-state index in [1.807, 2.05) is 0 Å². The van der Waals surface area contributed by atoms with Gasteiger partial charge < -0.3 is 10.1 Å². The van der Waals surface area contributed by atoms with Crippen molar-refractivity contribution in [1.82, 2.24) is 10.2 Å². The second-order valence-corrected chi connectivity index (χ2v) is 5.49. The van der Waals surface area contributed by atoms with Crippen LogP contribution in [-0.4, -0.2) is 44.3 Å². The zero-order chi connectivity index (χ0) is 14.8. The Morgan fingerprint density at radius 2 is 1.90 bits per heavy atom. The van der Waals surface area contributed by atoms with Crippen molar-refractivity contribution in [3.63, 3.8) is 0 Å². The molecule has 1 aromatic rings. The van der Waals surface area contributed by atoms with Crippen LogP contribution in [0.25, 0.3) is 0 Å². The highest BCUT2D eigenvalue weighted by Crippen LogP contribution is 2.12. The number of nitrogens with zero attached hydrogens (tertiary/aromatic N) is 1. The van der Waals surface area contributed by atoms with Gasteiger partial charge in [0, 0.05) is 26.2 Å². The number of hydrogen-bond acceptors (Lipinski definition) is 3. The zero-order valence-electron chi connectivity index (χ0n) is 13.5. The summed E-state index contributed by atoms with van der Waals surface area (Å²) >= 11 is 0. The van der Waals surface area contributed by atoms with E-state index in [1.54, 1.807) is 7.11 Å². The van der Waals surface area contributed by atoms with E-state index in [-0.39, 0.29) is 0 Å². The minimum absolute atomic E-state index is 0.552. The third-order valence-corrected chi connectivity index (χ3v) is 3.52. The largest absolute Gasteiger partial charge is 0.383 e. The molecule has 0 bridgehead atoms. The van der Waals surface area contributed by atoms with Crippen LogP contribution >= 0.6 is 0 Å². The summed E-state index contributed by atoms with van der Waals surface area (Å²) in [6.07, 6.45) is 1.09. The highest BCUT2D eigenvalue weighted by Gasteiger charge is 2.07. The third-order valence-electron chi connectivity index (χ3n) is 3.52. The quantitative estimate of drug-likeness (QED) is 0.712. The Labute approximate surface area is 124 Å². The lowest BCUT2D eigenvalue weighted by Gasteiger charge is -2.22. The Morgan fingerprint density at radius 1 is 1.20 bits per heavy atom. The van der Waals surface area contributed by atoms with E-state index < -0.39 is 0 Å². The van der Waals surface area contributed by atoms with Gasteiger partial charge in [0.25, 0.3) is 0 Å². The fourth-order valence-corrected chi connectivity index (χ4v) is 2.26. The molecule has 20 heavy (non-hydrogen) atoms. The second-order valence-electron chi connectivity index (χ2n) is 5.49. The smallest absolute Gasteiger partial charge is 0.0589 e. The summed E-state index contributed by atoms with van der Waals surface area (Å²) in [4.78, 5) is 2.43. The number of methoxy groups -OCH3 is 1. The van der Waals surface area contributed by atoms with Crippen molar-refractivity contribution in [3.8, 4) is 0 Å². The Kier molecular flexibility index (Phi) is 8.51. The standard InChI is InChI=1S/C17H30N2O/c1-5-19(12-13-20-4)14-17-9-7-6-8-16(17)10-11-18-15(2)3/h6-9,15,18H,5,10-14H2,1-4H3. The van der Waals surface area contributed by atoms with Crippen molar-refractivity contribution in [1.29, 1.82) is 0 Å². The first-order valence-electron chi connectivity index (χ1n) is 7.68. The molecule has 0 aliphatic heterocycles. The molecule has 1 rings (SSSR count). The summed E-state index contributed by atoms with van der Waals surface area (Å²) in [6, 6.07) is 9.33. The van der Waals surface area contributed by atoms with E-state index in [4.69, 9.17) is 4.74 Å². The molecule has 0 aliphatic rings. The minimum Gasteiger partial charge on any atom is -0.383 e. The van der Waals surface area contributed by atoms with Gasteiger partial charge in [0.15, 0.2) is 0 Å². The Balaban J connectivity index is 2.59. The van der Waals surface area contributed by atoms with Gasteiger partial charge in [0.2, 0.25) is 0 Å². The molecule has 0 atom stereocenters. The van der Waals surface area contributed by atoms with Gasteiger partial charge >= 0.3 is 0 Å². The number of ether oxygens (including phenoxy) is 1. The van der Waals surface area contributed by atoms with Crippen LogP contribution in [0.2, 0.25) is 0 Å². The first kappa shape index (κ1) is 17.2. The molecular formula is C17H30N2O. The van der Waals surface area contributed by atoms with E-state index in [2.05, 4.69) is 55.3 Å². The van der Waals surface area contributed by atoms with E-state index in [9.17, 15) is 0 Å². The van der Waals surface area contributed by atoms with Crippen LogP contribution < -0.4 is 5.32 Å². The first-order valence-corrected chi connectivity index (χ1v) is 7.68. The van der Waals surface area contributed by atoms with Crippen LogP contribution in [0.4, 0.5) is 0 Å². The zero-order valence-corrected chi connectivity index (χ0v) is 13.5. The van der Waals surface area contributed by atoms with E-state index in [1.165, 1.54) is 11.1 Å². The Morgan fingerprint density at radius 3 is 2.50 bits per heavy atom. The number of rotatable bonds is 10. The van der Waals surface area contributed by atoms with Gasteiger partial charge in [-0.3, -0.25) is 4.90 Å². The van der Waals surface area contributed by atoms with Crippen molar-refractivity contribution in [3.05, 3.63) is 35.4 Å². The van der Waals surface area contributed by atoms with Crippen LogP contribution in [0.1, 0.15) is 31.9 Å². The second kappa shape index (κ2) is 9.92. The monoisotopic (exact) mass is 278 g/mol. The molecule has 0 aliphatic carbocycles. The van der Waals surface area contributed by atoms with Gasteiger partial charge in [-0.1, -0.05) is 45.0 Å². The molecular weight excluding hydrogens is 248 g/mol. The van der Waals surface area contributed by atoms with E-state index >= 15 is 0 Å². The molecule has 0 aromatic heterocycles. The molecule has 3 heteroatoms. The molecule has 0 amide bonds. The average Bonchev–Trinajstić information content (AvgIpc) is 2.44. The number of nitrogens with one attached hydrogen (secondary N) is 1. The van der Waals surface area contributed by atoms with Gasteiger partial charge in [-0.15, -0.1) is 0 Å². The molecule has 0 unspecified atom stereocenters. The van der Waals surface area contributed by atoms with Crippen LogP contribution in [0.15, 0.2) is 24.3 Å². The molecule has 114 valence electrons. The molecule has 0 radical (unpaired) electrons. The molecule has 0 saturated heterocycles. The molecule has 0 spiro atoms. The predicted molar refractivity (Wildman–Crippen MR) is 86.1 cm³/mol. The van der Waals surface area contributed by atoms with E-state index in [0.29, 0.717) is 6.04 Å². The summed E-state index contributed by atoms with van der Waals surface area (Å²) in [6.45, 7) is 11.5. The highest BCUT2D eigenvalue weighted by atomic mass is 16.5. The highest BCUT2D eigenvalue weighted by molar-refractivity contribution is 5.27. The van der Waals surface area contributed by atoms with Crippen molar-refractivity contribution in [2.24, 2.45) is 0 Å². The minimum atomic E-state index is 0.552. The number of hydrogen-bond donors (Lipinski definition) is 1. The summed E-state index contributed by atoms with van der Waals surface area (Å²) in [5.74, 6) is 0. The lowest BCUT2D eigenvalue weighted by Crippen LogP contribution is -2.28. The van der Waals surface area contributed by atoms with E-state index in [0.717, 1.165) is 39.2 Å². The molecule has 1 N–H and O–H groups in total. The van der Waals surface area contributed by atoms with Gasteiger partial charge in [-0.2, -0.15) is 0 Å². The van der Waals surface area contributed by atoms with Crippen molar-refractivity contribution in [2.45, 2.75) is 39.8 Å². The Bertz CT molecular complexity index is 366. The van der Waals surface area contributed by atoms with Gasteiger partial charge in [-0.05, 0) is 30.6 Å². The maximum absolute atomic E-state index is 5.18. The normalized spacial score (nSPS) is 11.5. The van der Waals surface area contributed by atoms with Crippen LogP contribution in [-0.2, 0) is 17.7 Å². The predicted octanol–water partition coefficient (Wildman–Crippen LogP) is 2.70. The van der Waals surface area contributed by atoms with Gasteiger partial charge in [-0.25, -0.2) is 0 Å². The van der Waals surface area contributed by atoms with Gasteiger partial charge in [0.1, 0.15) is 0 Å². The maximum Gasteiger partial charge on any atom is 0.0589 e. The first-order chi connectivity index (χ1) is 9.67.